The van der Waals surface area contributed by atoms with Crippen LogP contribution in [0.4, 0.5) is 5.69 Å². The highest BCUT2D eigenvalue weighted by Crippen LogP contribution is 2.31. The van der Waals surface area contributed by atoms with Gasteiger partial charge in [-0.15, -0.1) is 0 Å². The number of para-hydroxylation sites is 2. The number of hydrogen-bond donors (Lipinski definition) is 1. The van der Waals surface area contributed by atoms with Crippen LogP contribution in [0, 0.1) is 0 Å². The molecule has 25 heavy (non-hydrogen) atoms. The first-order chi connectivity index (χ1) is 12.2. The van der Waals surface area contributed by atoms with Gasteiger partial charge in [0, 0.05) is 19.5 Å². The van der Waals surface area contributed by atoms with Crippen molar-refractivity contribution in [3.8, 4) is 5.75 Å². The molecule has 1 heterocycles. The molecule has 5 heteroatoms. The Labute approximate surface area is 147 Å². The van der Waals surface area contributed by atoms with Crippen molar-refractivity contribution in [3.05, 3.63) is 60.2 Å². The highest BCUT2D eigenvalue weighted by atomic mass is 16.5. The molecule has 0 atom stereocenters. The van der Waals surface area contributed by atoms with Crippen molar-refractivity contribution in [1.29, 1.82) is 0 Å². The maximum absolute atomic E-state index is 12.1. The molecule has 0 aliphatic carbocycles. The first kappa shape index (κ1) is 17.0. The van der Waals surface area contributed by atoms with Crippen LogP contribution >= 0.6 is 0 Å². The van der Waals surface area contributed by atoms with Crippen LogP contribution in [0.1, 0.15) is 18.4 Å². The molecule has 0 saturated carbocycles. The number of carbonyl (C=O) groups excluding carboxylic acids is 2. The summed E-state index contributed by atoms with van der Waals surface area (Å²) in [6.07, 6.45) is 2.12. The number of ether oxygens (including phenoxy) is 1. The zero-order valence-electron chi connectivity index (χ0n) is 14.1. The molecule has 130 valence electrons. The summed E-state index contributed by atoms with van der Waals surface area (Å²) in [6, 6.07) is 17.6. The van der Waals surface area contributed by atoms with Gasteiger partial charge in [0.1, 0.15) is 5.75 Å². The van der Waals surface area contributed by atoms with Crippen molar-refractivity contribution in [2.24, 2.45) is 0 Å². The molecule has 0 saturated heterocycles. The summed E-state index contributed by atoms with van der Waals surface area (Å²) in [6.45, 7) is 1.03. The van der Waals surface area contributed by atoms with Crippen LogP contribution in [0.2, 0.25) is 0 Å². The molecule has 0 bridgehead atoms. The average molecular weight is 338 g/mol. The van der Waals surface area contributed by atoms with Crippen LogP contribution < -0.4 is 15.0 Å². The minimum atomic E-state index is -0.115. The van der Waals surface area contributed by atoms with Gasteiger partial charge in [-0.2, -0.15) is 0 Å². The zero-order valence-corrected chi connectivity index (χ0v) is 14.1. The second-order valence-electron chi connectivity index (χ2n) is 5.99. The molecule has 0 spiro atoms. The van der Waals surface area contributed by atoms with Gasteiger partial charge in [-0.05, 0) is 30.5 Å². The maximum Gasteiger partial charge on any atom is 0.265 e. The predicted molar refractivity (Wildman–Crippen MR) is 96.7 cm³/mol. The number of benzene rings is 2. The highest BCUT2D eigenvalue weighted by Gasteiger charge is 2.25. The summed E-state index contributed by atoms with van der Waals surface area (Å²) in [4.78, 5) is 25.7. The zero-order chi connectivity index (χ0) is 17.5. The number of aryl methyl sites for hydroxylation is 1. The van der Waals surface area contributed by atoms with Crippen LogP contribution in [0.25, 0.3) is 0 Å². The summed E-state index contributed by atoms with van der Waals surface area (Å²) >= 11 is 0. The molecule has 0 unspecified atom stereocenters. The van der Waals surface area contributed by atoms with E-state index in [2.05, 4.69) is 17.4 Å². The smallest absolute Gasteiger partial charge is 0.265 e. The standard InChI is InChI=1S/C20H22N2O3/c23-19(21-13-6-9-16-7-2-1-3-8-16)12-14-22-17-10-4-5-11-18(17)25-15-20(22)24/h1-5,7-8,10-11H,6,9,12-15H2,(H,21,23). The fraction of sp³-hybridized carbons (Fsp3) is 0.300. The molecule has 3 rings (SSSR count). The van der Waals surface area contributed by atoms with Crippen molar-refractivity contribution >= 4 is 17.5 Å². The Balaban J connectivity index is 1.42. The van der Waals surface area contributed by atoms with Crippen LogP contribution in [0.15, 0.2) is 54.6 Å². The molecule has 0 aromatic heterocycles. The van der Waals surface area contributed by atoms with Crippen LogP contribution in [0.3, 0.4) is 0 Å². The molecule has 2 aromatic rings. The summed E-state index contributed by atoms with van der Waals surface area (Å²) in [5, 5.41) is 2.92. The van der Waals surface area contributed by atoms with E-state index < -0.39 is 0 Å². The van der Waals surface area contributed by atoms with Gasteiger partial charge in [-0.1, -0.05) is 42.5 Å². The highest BCUT2D eigenvalue weighted by molar-refractivity contribution is 5.98. The summed E-state index contributed by atoms with van der Waals surface area (Å²) in [5.41, 5.74) is 2.00. The topological polar surface area (TPSA) is 58.6 Å². The van der Waals surface area contributed by atoms with Gasteiger partial charge in [-0.25, -0.2) is 0 Å². The first-order valence-electron chi connectivity index (χ1n) is 8.57. The molecular formula is C20H22N2O3. The van der Waals surface area contributed by atoms with E-state index in [-0.39, 0.29) is 24.8 Å². The van der Waals surface area contributed by atoms with Gasteiger partial charge in [0.2, 0.25) is 5.91 Å². The second kappa shape index (κ2) is 8.33. The normalized spacial score (nSPS) is 13.1. The molecule has 5 nitrogen and oxygen atoms in total. The van der Waals surface area contributed by atoms with Gasteiger partial charge >= 0.3 is 0 Å². The molecule has 0 fully saturated rings. The van der Waals surface area contributed by atoms with E-state index in [9.17, 15) is 9.59 Å². The maximum atomic E-state index is 12.1. The van der Waals surface area contributed by atoms with Gasteiger partial charge in [0.15, 0.2) is 6.61 Å². The average Bonchev–Trinajstić information content (AvgIpc) is 2.65. The Morgan fingerprint density at radius 2 is 1.84 bits per heavy atom. The SMILES string of the molecule is O=C(CCN1C(=O)COc2ccccc21)NCCCc1ccccc1. The third kappa shape index (κ3) is 4.59. The molecule has 2 aromatic carbocycles. The Hall–Kier alpha value is -2.82. The van der Waals surface area contributed by atoms with Crippen LogP contribution in [-0.4, -0.2) is 31.5 Å². The number of amides is 2. The van der Waals surface area contributed by atoms with E-state index >= 15 is 0 Å². The second-order valence-corrected chi connectivity index (χ2v) is 5.99. The fourth-order valence-electron chi connectivity index (χ4n) is 2.87. The minimum Gasteiger partial charge on any atom is -0.482 e. The minimum absolute atomic E-state index is 0.0235. The molecule has 1 N–H and O–H groups in total. The van der Waals surface area contributed by atoms with E-state index in [1.54, 1.807) is 4.90 Å². The van der Waals surface area contributed by atoms with Gasteiger partial charge in [-0.3, -0.25) is 9.59 Å². The number of rotatable bonds is 7. The Morgan fingerprint density at radius 3 is 2.68 bits per heavy atom. The van der Waals surface area contributed by atoms with E-state index in [1.165, 1.54) is 5.56 Å². The number of nitrogens with one attached hydrogen (secondary N) is 1. The van der Waals surface area contributed by atoms with Crippen molar-refractivity contribution < 1.29 is 14.3 Å². The van der Waals surface area contributed by atoms with Gasteiger partial charge < -0.3 is 15.0 Å². The number of nitrogens with zero attached hydrogens (tertiary/aromatic N) is 1. The Kier molecular flexibility index (Phi) is 5.67. The monoisotopic (exact) mass is 338 g/mol. The van der Waals surface area contributed by atoms with Crippen molar-refractivity contribution in [2.45, 2.75) is 19.3 Å². The number of anilines is 1. The van der Waals surface area contributed by atoms with Crippen LogP contribution in [-0.2, 0) is 16.0 Å². The lowest BCUT2D eigenvalue weighted by Gasteiger charge is -2.29. The molecule has 1 aliphatic rings. The van der Waals surface area contributed by atoms with E-state index in [0.717, 1.165) is 18.5 Å². The summed E-state index contributed by atoms with van der Waals surface area (Å²) < 4.78 is 5.40. The largest absolute Gasteiger partial charge is 0.482 e. The van der Waals surface area contributed by atoms with E-state index in [1.807, 2.05) is 42.5 Å². The predicted octanol–water partition coefficient (Wildman–Crippen LogP) is 2.55. The number of hydrogen-bond acceptors (Lipinski definition) is 3. The summed E-state index contributed by atoms with van der Waals surface area (Å²) in [5.74, 6) is 0.533. The fourth-order valence-corrected chi connectivity index (χ4v) is 2.87. The lowest BCUT2D eigenvalue weighted by atomic mass is 10.1. The first-order valence-corrected chi connectivity index (χ1v) is 8.57. The van der Waals surface area contributed by atoms with Gasteiger partial charge in [0.25, 0.3) is 5.91 Å². The van der Waals surface area contributed by atoms with Crippen molar-refractivity contribution in [1.82, 2.24) is 5.32 Å². The molecule has 1 aliphatic heterocycles. The number of carbonyl (C=O) groups is 2. The lowest BCUT2D eigenvalue weighted by molar-refractivity contribution is -0.122. The molecule has 2 amide bonds. The third-order valence-corrected chi connectivity index (χ3v) is 4.18. The van der Waals surface area contributed by atoms with Crippen molar-refractivity contribution in [2.75, 3.05) is 24.6 Å². The van der Waals surface area contributed by atoms with Gasteiger partial charge in [0.05, 0.1) is 5.69 Å². The molecule has 0 radical (unpaired) electrons. The number of fused-ring (bicyclic) bond motifs is 1. The lowest BCUT2D eigenvalue weighted by Crippen LogP contribution is -2.41. The Bertz CT molecular complexity index is 731. The Morgan fingerprint density at radius 1 is 1.08 bits per heavy atom. The van der Waals surface area contributed by atoms with Crippen LogP contribution in [0.5, 0.6) is 5.75 Å². The molecular weight excluding hydrogens is 316 g/mol. The van der Waals surface area contributed by atoms with E-state index in [4.69, 9.17) is 4.74 Å². The van der Waals surface area contributed by atoms with E-state index in [0.29, 0.717) is 18.8 Å². The third-order valence-electron chi connectivity index (χ3n) is 4.18. The summed E-state index contributed by atoms with van der Waals surface area (Å²) in [7, 11) is 0. The quantitative estimate of drug-likeness (QED) is 0.789. The van der Waals surface area contributed by atoms with Crippen molar-refractivity contribution in [3.63, 3.8) is 0 Å².